The summed E-state index contributed by atoms with van der Waals surface area (Å²) >= 11 is 1.58. The Balaban J connectivity index is 1.64. The first kappa shape index (κ1) is 16.9. The quantitative estimate of drug-likeness (QED) is 0.830. The van der Waals surface area contributed by atoms with E-state index in [1.807, 2.05) is 42.1 Å². The van der Waals surface area contributed by atoms with Crippen LogP contribution in [0, 0.1) is 0 Å². The van der Waals surface area contributed by atoms with Crippen molar-refractivity contribution >= 4 is 22.9 Å². The van der Waals surface area contributed by atoms with Crippen molar-refractivity contribution in [2.24, 2.45) is 0 Å². The monoisotopic (exact) mass is 341 g/mol. The third-order valence-electron chi connectivity index (χ3n) is 4.49. The number of nitrogens with zero attached hydrogens (tertiary/aromatic N) is 2. The zero-order valence-corrected chi connectivity index (χ0v) is 15.0. The molecule has 4 nitrogen and oxygen atoms in total. The fourth-order valence-corrected chi connectivity index (χ4v) is 3.59. The summed E-state index contributed by atoms with van der Waals surface area (Å²) in [4.78, 5) is 19.2. The summed E-state index contributed by atoms with van der Waals surface area (Å²) < 4.78 is 0. The van der Waals surface area contributed by atoms with Gasteiger partial charge in [-0.1, -0.05) is 23.8 Å². The van der Waals surface area contributed by atoms with Crippen LogP contribution in [0.5, 0.6) is 0 Å². The molecule has 1 aliphatic rings. The summed E-state index contributed by atoms with van der Waals surface area (Å²) in [5.74, 6) is 0.0952. The van der Waals surface area contributed by atoms with Gasteiger partial charge in [0.1, 0.15) is 0 Å². The second-order valence-corrected chi connectivity index (χ2v) is 6.92. The molecule has 2 aromatic rings. The van der Waals surface area contributed by atoms with E-state index in [1.165, 1.54) is 5.57 Å². The van der Waals surface area contributed by atoms with Crippen molar-refractivity contribution in [3.63, 3.8) is 0 Å². The number of amides is 1. The number of likely N-dealkylation sites (tertiary alicyclic amines) is 1. The Labute approximate surface area is 147 Å². The maximum absolute atomic E-state index is 12.6. The van der Waals surface area contributed by atoms with Gasteiger partial charge in [0.15, 0.2) is 0 Å². The molecule has 0 aliphatic carbocycles. The minimum absolute atomic E-state index is 0.0295. The molecule has 1 saturated heterocycles. The molecule has 1 amide bonds. The highest BCUT2D eigenvalue weighted by Gasteiger charge is 2.30. The predicted octanol–water partition coefficient (Wildman–Crippen LogP) is 4.18. The van der Waals surface area contributed by atoms with Gasteiger partial charge < -0.3 is 5.32 Å². The van der Waals surface area contributed by atoms with Crippen LogP contribution in [0.3, 0.4) is 0 Å². The molecule has 0 bridgehead atoms. The van der Waals surface area contributed by atoms with Gasteiger partial charge in [0.2, 0.25) is 5.91 Å². The smallest absolute Gasteiger partial charge is 0.241 e. The van der Waals surface area contributed by atoms with E-state index in [0.29, 0.717) is 0 Å². The Hall–Kier alpha value is -1.98. The molecule has 1 aliphatic heterocycles. The van der Waals surface area contributed by atoms with Gasteiger partial charge in [-0.25, -0.2) is 4.98 Å². The maximum Gasteiger partial charge on any atom is 0.241 e. The number of nitrogens with one attached hydrogen (secondary N) is 1. The second kappa shape index (κ2) is 7.73. The molecule has 1 aromatic carbocycles. The number of carbonyl (C=O) groups excluding carboxylic acids is 1. The second-order valence-electron chi connectivity index (χ2n) is 6.20. The lowest BCUT2D eigenvalue weighted by atomic mass is 10.1. The summed E-state index contributed by atoms with van der Waals surface area (Å²) in [6.45, 7) is 6.03. The molecule has 2 heterocycles. The largest absolute Gasteiger partial charge is 0.325 e. The van der Waals surface area contributed by atoms with E-state index in [2.05, 4.69) is 28.2 Å². The van der Waals surface area contributed by atoms with E-state index in [1.54, 1.807) is 11.3 Å². The Morgan fingerprint density at radius 1 is 1.42 bits per heavy atom. The van der Waals surface area contributed by atoms with Crippen LogP contribution in [0.2, 0.25) is 0 Å². The van der Waals surface area contributed by atoms with E-state index in [0.717, 1.165) is 42.9 Å². The van der Waals surface area contributed by atoms with E-state index >= 15 is 0 Å². The van der Waals surface area contributed by atoms with Crippen LogP contribution >= 0.6 is 11.3 Å². The Bertz CT molecular complexity index is 707. The minimum Gasteiger partial charge on any atom is -0.325 e. The van der Waals surface area contributed by atoms with Crippen LogP contribution in [0.15, 0.2) is 46.8 Å². The van der Waals surface area contributed by atoms with Gasteiger partial charge in [0.05, 0.1) is 17.2 Å². The standard InChI is InChI=1S/C19H23N3OS/c1-3-14(2)11-22-10-4-5-18(22)19(23)21-16-8-6-15(7-9-16)17-12-24-13-20-17/h3,6-9,12-13,18H,4-5,10-11H2,1-2H3,(H,21,23)/b14-3+/t18-/m1/s1. The summed E-state index contributed by atoms with van der Waals surface area (Å²) in [5, 5.41) is 5.08. The lowest BCUT2D eigenvalue weighted by Gasteiger charge is -2.24. The Morgan fingerprint density at radius 2 is 2.21 bits per heavy atom. The van der Waals surface area contributed by atoms with Gasteiger partial charge in [-0.3, -0.25) is 9.69 Å². The molecule has 24 heavy (non-hydrogen) atoms. The summed E-state index contributed by atoms with van der Waals surface area (Å²) in [6, 6.07) is 7.87. The van der Waals surface area contributed by atoms with Gasteiger partial charge in [0.25, 0.3) is 0 Å². The average molecular weight is 341 g/mol. The van der Waals surface area contributed by atoms with Gasteiger partial charge in [-0.05, 0) is 45.4 Å². The lowest BCUT2D eigenvalue weighted by molar-refractivity contribution is -0.120. The van der Waals surface area contributed by atoms with Crippen molar-refractivity contribution in [1.29, 1.82) is 0 Å². The molecule has 5 heteroatoms. The number of hydrogen-bond donors (Lipinski definition) is 1. The van der Waals surface area contributed by atoms with Gasteiger partial charge in [-0.15, -0.1) is 11.3 Å². The van der Waals surface area contributed by atoms with Crippen molar-refractivity contribution in [2.75, 3.05) is 18.4 Å². The average Bonchev–Trinajstić information content (AvgIpc) is 3.27. The van der Waals surface area contributed by atoms with E-state index < -0.39 is 0 Å². The SMILES string of the molecule is C/C=C(\C)CN1CCC[C@@H]1C(=O)Nc1ccc(-c2cscn2)cc1. The van der Waals surface area contributed by atoms with Gasteiger partial charge in [-0.2, -0.15) is 0 Å². The molecule has 1 atom stereocenters. The summed E-state index contributed by atoms with van der Waals surface area (Å²) in [5.41, 5.74) is 6.02. The topological polar surface area (TPSA) is 45.2 Å². The van der Waals surface area contributed by atoms with Crippen LogP contribution in [0.1, 0.15) is 26.7 Å². The molecular weight excluding hydrogens is 318 g/mol. The number of aromatic nitrogens is 1. The molecule has 126 valence electrons. The van der Waals surface area contributed by atoms with E-state index in [4.69, 9.17) is 0 Å². The van der Waals surface area contributed by atoms with E-state index in [-0.39, 0.29) is 11.9 Å². The van der Waals surface area contributed by atoms with E-state index in [9.17, 15) is 4.79 Å². The first-order valence-corrected chi connectivity index (χ1v) is 9.27. The third-order valence-corrected chi connectivity index (χ3v) is 5.08. The molecule has 3 rings (SSSR count). The number of allylic oxidation sites excluding steroid dienone is 1. The molecule has 1 aromatic heterocycles. The van der Waals surface area contributed by atoms with Gasteiger partial charge in [0, 0.05) is 23.2 Å². The normalized spacial score (nSPS) is 18.8. The van der Waals surface area contributed by atoms with Crippen molar-refractivity contribution in [1.82, 2.24) is 9.88 Å². The molecule has 0 unspecified atom stereocenters. The van der Waals surface area contributed by atoms with Crippen LogP contribution in [0.4, 0.5) is 5.69 Å². The number of hydrogen-bond acceptors (Lipinski definition) is 4. The molecule has 0 radical (unpaired) electrons. The van der Waals surface area contributed by atoms with Crippen molar-refractivity contribution in [3.05, 3.63) is 46.8 Å². The van der Waals surface area contributed by atoms with Crippen molar-refractivity contribution < 1.29 is 4.79 Å². The van der Waals surface area contributed by atoms with Gasteiger partial charge >= 0.3 is 0 Å². The summed E-state index contributed by atoms with van der Waals surface area (Å²) in [7, 11) is 0. The fraction of sp³-hybridized carbons (Fsp3) is 0.368. The van der Waals surface area contributed by atoms with Crippen LogP contribution in [-0.2, 0) is 4.79 Å². The highest BCUT2D eigenvalue weighted by atomic mass is 32.1. The Morgan fingerprint density at radius 3 is 2.88 bits per heavy atom. The predicted molar refractivity (Wildman–Crippen MR) is 100 cm³/mol. The molecular formula is C19H23N3OS. The zero-order chi connectivity index (χ0) is 16.9. The highest BCUT2D eigenvalue weighted by molar-refractivity contribution is 7.07. The number of anilines is 1. The number of carbonyl (C=O) groups is 1. The highest BCUT2D eigenvalue weighted by Crippen LogP contribution is 2.23. The first-order valence-electron chi connectivity index (χ1n) is 8.32. The van der Waals surface area contributed by atoms with Crippen LogP contribution < -0.4 is 5.32 Å². The summed E-state index contributed by atoms with van der Waals surface area (Å²) in [6.07, 6.45) is 4.13. The third kappa shape index (κ3) is 3.91. The lowest BCUT2D eigenvalue weighted by Crippen LogP contribution is -2.40. The van der Waals surface area contributed by atoms with Crippen LogP contribution in [-0.4, -0.2) is 34.9 Å². The number of thiazole rings is 1. The zero-order valence-electron chi connectivity index (χ0n) is 14.2. The first-order chi connectivity index (χ1) is 11.7. The van der Waals surface area contributed by atoms with Crippen LogP contribution in [0.25, 0.3) is 11.3 Å². The molecule has 0 spiro atoms. The van der Waals surface area contributed by atoms with Crippen molar-refractivity contribution in [2.45, 2.75) is 32.7 Å². The Kier molecular flexibility index (Phi) is 5.43. The van der Waals surface area contributed by atoms with Crippen molar-refractivity contribution in [3.8, 4) is 11.3 Å². The fourth-order valence-electron chi connectivity index (χ4n) is 3.03. The maximum atomic E-state index is 12.6. The minimum atomic E-state index is -0.0295. The number of rotatable bonds is 5. The molecule has 1 N–H and O–H groups in total. The number of benzene rings is 1. The molecule has 0 saturated carbocycles. The molecule has 1 fully saturated rings.